The standard InChI is InChI=1S/C14H17F2NO2/c1-2-9-8-17(7-6-12(9)18)14(19)10-4-3-5-11(15)13(10)16/h3-5,9,12,18H,2,6-8H2,1H3. The summed E-state index contributed by atoms with van der Waals surface area (Å²) in [6.07, 6.45) is 0.795. The van der Waals surface area contributed by atoms with Gasteiger partial charge in [0.25, 0.3) is 5.91 Å². The SMILES string of the molecule is CCC1CN(C(=O)c2cccc(F)c2F)CCC1O. The van der Waals surface area contributed by atoms with Crippen molar-refractivity contribution in [3.8, 4) is 0 Å². The third-order valence-corrected chi connectivity index (χ3v) is 3.69. The number of piperidine rings is 1. The molecular weight excluding hydrogens is 252 g/mol. The monoisotopic (exact) mass is 269 g/mol. The van der Waals surface area contributed by atoms with Crippen LogP contribution in [-0.2, 0) is 0 Å². The largest absolute Gasteiger partial charge is 0.393 e. The molecule has 104 valence electrons. The van der Waals surface area contributed by atoms with Crippen LogP contribution in [0, 0.1) is 17.6 Å². The Bertz CT molecular complexity index is 479. The van der Waals surface area contributed by atoms with Gasteiger partial charge in [0, 0.05) is 19.0 Å². The second-order valence-electron chi connectivity index (χ2n) is 4.88. The summed E-state index contributed by atoms with van der Waals surface area (Å²) < 4.78 is 26.7. The number of nitrogens with zero attached hydrogens (tertiary/aromatic N) is 1. The predicted molar refractivity (Wildman–Crippen MR) is 66.7 cm³/mol. The molecular formula is C14H17F2NO2. The van der Waals surface area contributed by atoms with Crippen LogP contribution in [0.3, 0.4) is 0 Å². The number of aliphatic hydroxyl groups is 1. The molecule has 1 aromatic carbocycles. The molecule has 1 amide bonds. The maximum absolute atomic E-state index is 13.6. The van der Waals surface area contributed by atoms with Crippen molar-refractivity contribution < 1.29 is 18.7 Å². The number of amides is 1. The minimum atomic E-state index is -1.10. The van der Waals surface area contributed by atoms with E-state index in [1.54, 1.807) is 0 Å². The normalized spacial score (nSPS) is 23.5. The van der Waals surface area contributed by atoms with E-state index in [2.05, 4.69) is 0 Å². The second kappa shape index (κ2) is 5.65. The molecule has 1 aliphatic rings. The minimum Gasteiger partial charge on any atom is -0.393 e. The number of carbonyl (C=O) groups is 1. The van der Waals surface area contributed by atoms with Crippen LogP contribution >= 0.6 is 0 Å². The first-order valence-electron chi connectivity index (χ1n) is 6.46. The zero-order valence-corrected chi connectivity index (χ0v) is 10.8. The zero-order valence-electron chi connectivity index (χ0n) is 10.8. The van der Waals surface area contributed by atoms with E-state index in [4.69, 9.17) is 0 Å². The van der Waals surface area contributed by atoms with Gasteiger partial charge in [0.15, 0.2) is 11.6 Å². The van der Waals surface area contributed by atoms with Crippen LogP contribution in [0.15, 0.2) is 18.2 Å². The summed E-state index contributed by atoms with van der Waals surface area (Å²) in [6.45, 7) is 2.68. The molecule has 1 aliphatic heterocycles. The van der Waals surface area contributed by atoms with Gasteiger partial charge >= 0.3 is 0 Å². The molecule has 1 N–H and O–H groups in total. The van der Waals surface area contributed by atoms with E-state index in [0.717, 1.165) is 12.5 Å². The molecule has 3 nitrogen and oxygen atoms in total. The van der Waals surface area contributed by atoms with Crippen molar-refractivity contribution in [3.63, 3.8) is 0 Å². The first-order chi connectivity index (χ1) is 9.04. The van der Waals surface area contributed by atoms with Gasteiger partial charge < -0.3 is 10.0 Å². The van der Waals surface area contributed by atoms with E-state index in [-0.39, 0.29) is 11.5 Å². The molecule has 2 rings (SSSR count). The van der Waals surface area contributed by atoms with Gasteiger partial charge in [0.1, 0.15) is 0 Å². The van der Waals surface area contributed by atoms with Gasteiger partial charge in [-0.05, 0) is 25.0 Å². The fraction of sp³-hybridized carbons (Fsp3) is 0.500. The number of halogens is 2. The topological polar surface area (TPSA) is 40.5 Å². The molecule has 19 heavy (non-hydrogen) atoms. The Morgan fingerprint density at radius 2 is 2.21 bits per heavy atom. The lowest BCUT2D eigenvalue weighted by atomic mass is 9.92. The highest BCUT2D eigenvalue weighted by Crippen LogP contribution is 2.22. The fourth-order valence-electron chi connectivity index (χ4n) is 2.44. The number of benzene rings is 1. The van der Waals surface area contributed by atoms with E-state index in [9.17, 15) is 18.7 Å². The highest BCUT2D eigenvalue weighted by atomic mass is 19.2. The number of likely N-dealkylation sites (tertiary alicyclic amines) is 1. The molecule has 0 aliphatic carbocycles. The Hall–Kier alpha value is -1.49. The number of aliphatic hydroxyl groups excluding tert-OH is 1. The highest BCUT2D eigenvalue weighted by Gasteiger charge is 2.30. The number of hydrogen-bond acceptors (Lipinski definition) is 2. The summed E-state index contributed by atoms with van der Waals surface area (Å²) in [5.41, 5.74) is -0.244. The highest BCUT2D eigenvalue weighted by molar-refractivity contribution is 5.94. The second-order valence-corrected chi connectivity index (χ2v) is 4.88. The van der Waals surface area contributed by atoms with Gasteiger partial charge in [-0.2, -0.15) is 0 Å². The van der Waals surface area contributed by atoms with Crippen LogP contribution in [-0.4, -0.2) is 35.1 Å². The van der Waals surface area contributed by atoms with Crippen LogP contribution in [0.2, 0.25) is 0 Å². The average molecular weight is 269 g/mol. The lowest BCUT2D eigenvalue weighted by Crippen LogP contribution is -2.46. The Labute approximate surface area is 110 Å². The molecule has 2 atom stereocenters. The van der Waals surface area contributed by atoms with Crippen LogP contribution in [0.4, 0.5) is 8.78 Å². The van der Waals surface area contributed by atoms with Gasteiger partial charge in [-0.15, -0.1) is 0 Å². The molecule has 0 saturated carbocycles. The molecule has 1 fully saturated rings. The molecule has 0 spiro atoms. The van der Waals surface area contributed by atoms with Gasteiger partial charge in [-0.1, -0.05) is 13.0 Å². The number of carbonyl (C=O) groups excluding carboxylic acids is 1. The number of rotatable bonds is 2. The molecule has 2 unspecified atom stereocenters. The van der Waals surface area contributed by atoms with E-state index in [0.29, 0.717) is 19.5 Å². The molecule has 1 heterocycles. The molecule has 1 saturated heterocycles. The smallest absolute Gasteiger partial charge is 0.256 e. The van der Waals surface area contributed by atoms with Crippen LogP contribution in [0.1, 0.15) is 30.1 Å². The van der Waals surface area contributed by atoms with Crippen molar-refractivity contribution in [2.45, 2.75) is 25.9 Å². The van der Waals surface area contributed by atoms with Crippen molar-refractivity contribution in [2.75, 3.05) is 13.1 Å². The maximum atomic E-state index is 13.6. The predicted octanol–water partition coefficient (Wildman–Crippen LogP) is 2.20. The molecule has 0 radical (unpaired) electrons. The van der Waals surface area contributed by atoms with Gasteiger partial charge in [0.2, 0.25) is 0 Å². The minimum absolute atomic E-state index is 0.00526. The summed E-state index contributed by atoms with van der Waals surface area (Å²) in [5, 5.41) is 9.77. The molecule has 0 aromatic heterocycles. The molecule has 1 aromatic rings. The fourth-order valence-corrected chi connectivity index (χ4v) is 2.44. The van der Waals surface area contributed by atoms with E-state index in [1.165, 1.54) is 17.0 Å². The quantitative estimate of drug-likeness (QED) is 0.894. The average Bonchev–Trinajstić information content (AvgIpc) is 2.41. The first kappa shape index (κ1) is 13.9. The van der Waals surface area contributed by atoms with Crippen molar-refractivity contribution >= 4 is 5.91 Å². The van der Waals surface area contributed by atoms with Crippen molar-refractivity contribution in [3.05, 3.63) is 35.4 Å². The van der Waals surface area contributed by atoms with E-state index < -0.39 is 23.6 Å². The summed E-state index contributed by atoms with van der Waals surface area (Å²) in [6, 6.07) is 3.59. The summed E-state index contributed by atoms with van der Waals surface area (Å²) in [5.74, 6) is -2.64. The maximum Gasteiger partial charge on any atom is 0.256 e. The van der Waals surface area contributed by atoms with Gasteiger partial charge in [-0.3, -0.25) is 4.79 Å². The zero-order chi connectivity index (χ0) is 14.0. The lowest BCUT2D eigenvalue weighted by Gasteiger charge is -2.35. The van der Waals surface area contributed by atoms with Crippen LogP contribution in [0.25, 0.3) is 0 Å². The Morgan fingerprint density at radius 1 is 1.47 bits per heavy atom. The van der Waals surface area contributed by atoms with Gasteiger partial charge in [0.05, 0.1) is 11.7 Å². The van der Waals surface area contributed by atoms with E-state index >= 15 is 0 Å². The number of hydrogen-bond donors (Lipinski definition) is 1. The third-order valence-electron chi connectivity index (χ3n) is 3.69. The van der Waals surface area contributed by atoms with Gasteiger partial charge in [-0.25, -0.2) is 8.78 Å². The molecule has 5 heteroatoms. The Balaban J connectivity index is 2.18. The third kappa shape index (κ3) is 2.76. The van der Waals surface area contributed by atoms with E-state index in [1.807, 2.05) is 6.92 Å². The Morgan fingerprint density at radius 3 is 2.89 bits per heavy atom. The summed E-state index contributed by atoms with van der Waals surface area (Å²) in [7, 11) is 0. The van der Waals surface area contributed by atoms with Crippen molar-refractivity contribution in [2.24, 2.45) is 5.92 Å². The summed E-state index contributed by atoms with van der Waals surface area (Å²) >= 11 is 0. The van der Waals surface area contributed by atoms with Crippen LogP contribution in [0.5, 0.6) is 0 Å². The van der Waals surface area contributed by atoms with Crippen molar-refractivity contribution in [1.29, 1.82) is 0 Å². The Kier molecular flexibility index (Phi) is 4.14. The van der Waals surface area contributed by atoms with Crippen molar-refractivity contribution in [1.82, 2.24) is 4.90 Å². The molecule has 0 bridgehead atoms. The summed E-state index contributed by atoms with van der Waals surface area (Å²) in [4.78, 5) is 13.7. The first-order valence-corrected chi connectivity index (χ1v) is 6.46. The van der Waals surface area contributed by atoms with Crippen LogP contribution < -0.4 is 0 Å². The lowest BCUT2D eigenvalue weighted by molar-refractivity contribution is 0.0226.